The number of carboxylic acid groups (broad SMARTS) is 2. The molecule has 0 saturated carbocycles. The minimum Gasteiger partial charge on any atom is -0.481 e. The van der Waals surface area contributed by atoms with Crippen LogP contribution in [0, 0.1) is 5.92 Å². The van der Waals surface area contributed by atoms with Gasteiger partial charge in [0, 0.05) is 39.7 Å². The fraction of sp³-hybridized carbons (Fsp3) is 0.125. The average molecular weight is 401 g/mol. The lowest BCUT2D eigenvalue weighted by atomic mass is 9.81. The second kappa shape index (κ2) is 7.83. The van der Waals surface area contributed by atoms with E-state index in [4.69, 9.17) is 0 Å². The Hall–Kier alpha value is -3.93. The minimum absolute atomic E-state index is 0.223. The molecule has 4 rings (SSSR count). The number of H-pyrrole nitrogens is 1. The Labute approximate surface area is 171 Å². The van der Waals surface area contributed by atoms with Crippen molar-refractivity contribution < 1.29 is 24.6 Å². The van der Waals surface area contributed by atoms with Crippen LogP contribution in [0.3, 0.4) is 0 Å². The first kappa shape index (κ1) is 19.4. The van der Waals surface area contributed by atoms with Gasteiger partial charge in [-0.2, -0.15) is 0 Å². The summed E-state index contributed by atoms with van der Waals surface area (Å²) in [5.41, 5.74) is 2.67. The topological polar surface area (TPSA) is 107 Å². The van der Waals surface area contributed by atoms with Gasteiger partial charge in [0.25, 0.3) is 0 Å². The number of hydrogen-bond donors (Lipinski definition) is 3. The average Bonchev–Trinajstić information content (AvgIpc) is 3.11. The lowest BCUT2D eigenvalue weighted by Gasteiger charge is -2.21. The Kier molecular flexibility index (Phi) is 5.06. The number of carboxylic acids is 2. The number of carbonyl (C=O) groups is 3. The maximum absolute atomic E-state index is 13.0. The van der Waals surface area contributed by atoms with Gasteiger partial charge >= 0.3 is 11.9 Å². The van der Waals surface area contributed by atoms with Crippen molar-refractivity contribution in [3.8, 4) is 0 Å². The van der Waals surface area contributed by atoms with Crippen molar-refractivity contribution in [2.24, 2.45) is 5.92 Å². The predicted molar refractivity (Wildman–Crippen MR) is 113 cm³/mol. The molecule has 1 unspecified atom stereocenters. The Balaban J connectivity index is 1.70. The second-order valence-electron chi connectivity index (χ2n) is 7.23. The molecular weight excluding hydrogens is 382 g/mol. The van der Waals surface area contributed by atoms with E-state index in [2.05, 4.69) is 4.98 Å². The van der Waals surface area contributed by atoms with Crippen LogP contribution in [0.5, 0.6) is 0 Å². The number of para-hydroxylation sites is 1. The summed E-state index contributed by atoms with van der Waals surface area (Å²) in [7, 11) is 0. The van der Waals surface area contributed by atoms with Gasteiger partial charge in [0.1, 0.15) is 0 Å². The normalized spacial score (nSPS) is 12.3. The molecule has 0 saturated heterocycles. The first-order valence-electron chi connectivity index (χ1n) is 9.50. The van der Waals surface area contributed by atoms with Crippen LogP contribution >= 0.6 is 0 Å². The number of aromatic nitrogens is 1. The van der Waals surface area contributed by atoms with E-state index in [1.165, 1.54) is 0 Å². The van der Waals surface area contributed by atoms with Crippen LogP contribution in [0.25, 0.3) is 21.8 Å². The summed E-state index contributed by atoms with van der Waals surface area (Å²) in [6.07, 6.45) is -0.223. The fourth-order valence-corrected chi connectivity index (χ4v) is 3.92. The van der Waals surface area contributed by atoms with Crippen LogP contribution in [0.15, 0.2) is 72.8 Å². The molecule has 0 bridgehead atoms. The zero-order chi connectivity index (χ0) is 21.3. The van der Waals surface area contributed by atoms with Crippen LogP contribution in [-0.4, -0.2) is 32.9 Å². The van der Waals surface area contributed by atoms with Crippen LogP contribution in [0.4, 0.5) is 0 Å². The molecule has 0 amide bonds. The summed E-state index contributed by atoms with van der Waals surface area (Å²) >= 11 is 0. The summed E-state index contributed by atoms with van der Waals surface area (Å²) < 4.78 is 0. The number of hydrogen-bond acceptors (Lipinski definition) is 3. The van der Waals surface area contributed by atoms with Gasteiger partial charge in [-0.05, 0) is 17.7 Å². The number of aliphatic carboxylic acids is 2. The summed E-state index contributed by atoms with van der Waals surface area (Å²) in [4.78, 5) is 39.6. The quantitative estimate of drug-likeness (QED) is 0.313. The van der Waals surface area contributed by atoms with Gasteiger partial charge < -0.3 is 15.2 Å². The monoisotopic (exact) mass is 401 g/mol. The molecule has 1 heterocycles. The van der Waals surface area contributed by atoms with Crippen molar-refractivity contribution in [3.63, 3.8) is 0 Å². The third kappa shape index (κ3) is 3.55. The summed E-state index contributed by atoms with van der Waals surface area (Å²) in [6, 6.07) is 21.5. The number of benzene rings is 3. The smallest absolute Gasteiger partial charge is 0.318 e. The van der Waals surface area contributed by atoms with E-state index >= 15 is 0 Å². The number of ketones is 1. The number of rotatable bonds is 7. The molecule has 0 fully saturated rings. The first-order chi connectivity index (χ1) is 14.5. The van der Waals surface area contributed by atoms with E-state index in [-0.39, 0.29) is 12.2 Å². The fourth-order valence-electron chi connectivity index (χ4n) is 3.92. The largest absolute Gasteiger partial charge is 0.481 e. The third-order valence-electron chi connectivity index (χ3n) is 5.40. The van der Waals surface area contributed by atoms with E-state index in [0.29, 0.717) is 11.1 Å². The van der Waals surface area contributed by atoms with Gasteiger partial charge in [-0.1, -0.05) is 60.7 Å². The maximum atomic E-state index is 13.0. The molecule has 4 aromatic rings. The Bertz CT molecular complexity index is 1240. The van der Waals surface area contributed by atoms with Crippen molar-refractivity contribution >= 4 is 39.5 Å². The molecule has 3 N–H and O–H groups in total. The number of aromatic amines is 1. The van der Waals surface area contributed by atoms with Crippen molar-refractivity contribution in [2.45, 2.75) is 12.3 Å². The summed E-state index contributed by atoms with van der Waals surface area (Å²) in [5, 5.41) is 21.0. The van der Waals surface area contributed by atoms with E-state index in [1.54, 1.807) is 42.5 Å². The number of Topliss-reactive ketones (excluding diaryl/α,β-unsaturated/α-hetero) is 1. The number of carbonyl (C=O) groups excluding carboxylic acids is 1. The molecule has 0 spiro atoms. The Morgan fingerprint density at radius 1 is 0.767 bits per heavy atom. The van der Waals surface area contributed by atoms with Gasteiger partial charge in [0.05, 0.1) is 0 Å². The summed E-state index contributed by atoms with van der Waals surface area (Å²) in [5.74, 6) is -5.93. The molecule has 0 radical (unpaired) electrons. The maximum Gasteiger partial charge on any atom is 0.318 e. The van der Waals surface area contributed by atoms with E-state index in [1.807, 2.05) is 30.3 Å². The van der Waals surface area contributed by atoms with Crippen LogP contribution < -0.4 is 0 Å². The van der Waals surface area contributed by atoms with Gasteiger partial charge in [-0.3, -0.25) is 14.4 Å². The van der Waals surface area contributed by atoms with Crippen molar-refractivity contribution in [3.05, 3.63) is 83.9 Å². The van der Waals surface area contributed by atoms with Crippen LogP contribution in [-0.2, 0) is 9.59 Å². The molecular formula is C24H19NO5. The van der Waals surface area contributed by atoms with Gasteiger partial charge in [-0.25, -0.2) is 0 Å². The molecule has 6 heteroatoms. The minimum atomic E-state index is -1.71. The number of fused-ring (bicyclic) bond motifs is 3. The molecule has 1 atom stereocenters. The Morgan fingerprint density at radius 2 is 1.40 bits per heavy atom. The molecule has 30 heavy (non-hydrogen) atoms. The van der Waals surface area contributed by atoms with Gasteiger partial charge in [0.2, 0.25) is 0 Å². The molecule has 1 aromatic heterocycles. The van der Waals surface area contributed by atoms with Crippen molar-refractivity contribution in [1.29, 1.82) is 0 Å². The van der Waals surface area contributed by atoms with Crippen LogP contribution in [0.1, 0.15) is 28.3 Å². The van der Waals surface area contributed by atoms with Gasteiger partial charge in [-0.15, -0.1) is 0 Å². The molecule has 0 aliphatic carbocycles. The molecule has 0 aliphatic heterocycles. The zero-order valence-electron chi connectivity index (χ0n) is 15.9. The number of nitrogens with one attached hydrogen (secondary N) is 1. The highest BCUT2D eigenvalue weighted by Crippen LogP contribution is 2.32. The zero-order valence-corrected chi connectivity index (χ0v) is 15.9. The SMILES string of the molecule is O=C(CC(c1ccccc1)C(C(=O)O)C(=O)O)c1ccc2c(c1)[nH]c1ccccc12. The summed E-state index contributed by atoms with van der Waals surface area (Å²) in [6.45, 7) is 0. The highest BCUT2D eigenvalue weighted by atomic mass is 16.4. The van der Waals surface area contributed by atoms with E-state index in [0.717, 1.165) is 21.8 Å². The standard InChI is InChI=1S/C24H19NO5/c26-21(13-18(14-6-2-1-3-7-14)22(23(27)28)24(29)30)15-10-11-17-16-8-4-5-9-19(16)25-20(17)12-15/h1-12,18,22,25H,13H2,(H,27,28)(H,29,30). The Morgan fingerprint density at radius 3 is 2.10 bits per heavy atom. The van der Waals surface area contributed by atoms with E-state index in [9.17, 15) is 24.6 Å². The molecule has 150 valence electrons. The highest BCUT2D eigenvalue weighted by Gasteiger charge is 2.37. The lowest BCUT2D eigenvalue weighted by Crippen LogP contribution is -2.31. The van der Waals surface area contributed by atoms with E-state index < -0.39 is 23.8 Å². The second-order valence-corrected chi connectivity index (χ2v) is 7.23. The molecule has 0 aliphatic rings. The van der Waals surface area contributed by atoms with Crippen molar-refractivity contribution in [2.75, 3.05) is 0 Å². The predicted octanol–water partition coefficient (Wildman–Crippen LogP) is 4.46. The third-order valence-corrected chi connectivity index (χ3v) is 5.40. The first-order valence-corrected chi connectivity index (χ1v) is 9.50. The van der Waals surface area contributed by atoms with Gasteiger partial charge in [0.15, 0.2) is 11.7 Å². The highest BCUT2D eigenvalue weighted by molar-refractivity contribution is 6.10. The lowest BCUT2D eigenvalue weighted by molar-refractivity contribution is -0.155. The van der Waals surface area contributed by atoms with Crippen LogP contribution in [0.2, 0.25) is 0 Å². The molecule has 3 aromatic carbocycles. The van der Waals surface area contributed by atoms with Crippen molar-refractivity contribution in [1.82, 2.24) is 4.98 Å². The molecule has 6 nitrogen and oxygen atoms in total.